The lowest BCUT2D eigenvalue weighted by molar-refractivity contribution is -0.384. The predicted octanol–water partition coefficient (Wildman–Crippen LogP) is 6.50. The van der Waals surface area contributed by atoms with E-state index < -0.39 is 10.8 Å². The highest BCUT2D eigenvalue weighted by Crippen LogP contribution is 2.31. The fraction of sp³-hybridized carbons (Fsp3) is 0.0400. The second kappa shape index (κ2) is 10.9. The smallest absolute Gasteiger partial charge is 0.288 e. The number of nitro groups is 1. The summed E-state index contributed by atoms with van der Waals surface area (Å²) < 4.78 is 11.5. The normalized spacial score (nSPS) is 10.9. The van der Waals surface area contributed by atoms with Gasteiger partial charge in [0.25, 0.3) is 11.6 Å². The number of nitrogens with one attached hydrogen (secondary N) is 1. The van der Waals surface area contributed by atoms with Crippen LogP contribution in [0.3, 0.4) is 0 Å². The van der Waals surface area contributed by atoms with Crippen LogP contribution >= 0.6 is 23.2 Å². The summed E-state index contributed by atoms with van der Waals surface area (Å²) in [5, 5.41) is 15.6. The topological polar surface area (TPSA) is 107 Å². The minimum absolute atomic E-state index is 0.0333. The molecule has 35 heavy (non-hydrogen) atoms. The molecule has 4 rings (SSSR count). The van der Waals surface area contributed by atoms with Gasteiger partial charge >= 0.3 is 0 Å². The Kier molecular flexibility index (Phi) is 7.45. The second-order valence-electron chi connectivity index (χ2n) is 7.20. The molecule has 1 heterocycles. The van der Waals surface area contributed by atoms with Gasteiger partial charge in [0, 0.05) is 22.2 Å². The Labute approximate surface area is 209 Å². The average Bonchev–Trinajstić information content (AvgIpc) is 3.32. The van der Waals surface area contributed by atoms with Crippen LogP contribution < -0.4 is 10.2 Å². The average molecular weight is 510 g/mol. The van der Waals surface area contributed by atoms with Crippen LogP contribution in [0.25, 0.3) is 11.3 Å². The number of para-hydroxylation sites is 1. The van der Waals surface area contributed by atoms with Crippen molar-refractivity contribution >= 4 is 41.0 Å². The molecular formula is C25H17Cl2N3O5. The van der Waals surface area contributed by atoms with Gasteiger partial charge in [0.15, 0.2) is 0 Å². The number of nitro benzene ring substituents is 1. The zero-order valence-electron chi connectivity index (χ0n) is 18.0. The third-order valence-corrected chi connectivity index (χ3v) is 5.57. The molecule has 10 heteroatoms. The zero-order valence-corrected chi connectivity index (χ0v) is 19.5. The Balaban J connectivity index is 1.42. The molecule has 0 spiro atoms. The van der Waals surface area contributed by atoms with Crippen molar-refractivity contribution < 1.29 is 18.9 Å². The van der Waals surface area contributed by atoms with Gasteiger partial charge in [-0.25, -0.2) is 5.43 Å². The van der Waals surface area contributed by atoms with Gasteiger partial charge in [0.05, 0.1) is 16.7 Å². The minimum atomic E-state index is -0.567. The molecule has 4 aromatic rings. The maximum Gasteiger partial charge on any atom is 0.288 e. The van der Waals surface area contributed by atoms with Crippen LogP contribution in [0.1, 0.15) is 21.7 Å². The molecule has 0 saturated heterocycles. The van der Waals surface area contributed by atoms with E-state index in [1.807, 2.05) is 18.2 Å². The largest absolute Gasteiger partial charge is 0.488 e. The first-order valence-electron chi connectivity index (χ1n) is 10.2. The molecule has 0 atom stereocenters. The van der Waals surface area contributed by atoms with Gasteiger partial charge in [-0.1, -0.05) is 53.5 Å². The van der Waals surface area contributed by atoms with Gasteiger partial charge in [-0.05, 0) is 42.5 Å². The lowest BCUT2D eigenvalue weighted by Crippen LogP contribution is -2.18. The number of hydrazone groups is 1. The van der Waals surface area contributed by atoms with Crippen LogP contribution in [-0.4, -0.2) is 17.0 Å². The van der Waals surface area contributed by atoms with E-state index in [4.69, 9.17) is 32.4 Å². The van der Waals surface area contributed by atoms with E-state index in [0.717, 1.165) is 5.56 Å². The fourth-order valence-electron chi connectivity index (χ4n) is 3.15. The van der Waals surface area contributed by atoms with Crippen molar-refractivity contribution in [2.24, 2.45) is 5.10 Å². The molecule has 8 nitrogen and oxygen atoms in total. The van der Waals surface area contributed by atoms with Gasteiger partial charge < -0.3 is 9.15 Å². The third kappa shape index (κ3) is 5.87. The number of carbonyl (C=O) groups is 1. The molecule has 0 aliphatic carbocycles. The summed E-state index contributed by atoms with van der Waals surface area (Å²) in [6.45, 7) is 0.200. The molecular weight excluding hydrogens is 493 g/mol. The van der Waals surface area contributed by atoms with E-state index in [-0.39, 0.29) is 17.3 Å². The number of furan rings is 1. The highest BCUT2D eigenvalue weighted by Gasteiger charge is 2.15. The summed E-state index contributed by atoms with van der Waals surface area (Å²) in [7, 11) is 0. The van der Waals surface area contributed by atoms with Crippen LogP contribution in [0.15, 0.2) is 88.4 Å². The van der Waals surface area contributed by atoms with Crippen LogP contribution in [0, 0.1) is 10.1 Å². The van der Waals surface area contributed by atoms with Gasteiger partial charge in [0.2, 0.25) is 0 Å². The van der Waals surface area contributed by atoms with E-state index >= 15 is 0 Å². The van der Waals surface area contributed by atoms with Crippen molar-refractivity contribution in [2.45, 2.75) is 6.61 Å². The minimum Gasteiger partial charge on any atom is -0.488 e. The first-order valence-corrected chi connectivity index (χ1v) is 11.0. The second-order valence-corrected chi connectivity index (χ2v) is 8.02. The van der Waals surface area contributed by atoms with Crippen molar-refractivity contribution in [1.29, 1.82) is 0 Å². The highest BCUT2D eigenvalue weighted by atomic mass is 35.5. The number of carbonyl (C=O) groups excluding carboxylic acids is 1. The maximum absolute atomic E-state index is 12.7. The molecule has 1 N–H and O–H groups in total. The van der Waals surface area contributed by atoms with Gasteiger partial charge in [0.1, 0.15) is 28.9 Å². The summed E-state index contributed by atoms with van der Waals surface area (Å²) in [5.41, 5.74) is 3.78. The SMILES string of the molecule is O=C(N/N=C/c1ccc(-c2ccc(Cl)c([N+](=O)[O-])c2)o1)c1ccccc1OCc1ccccc1Cl. The molecule has 0 unspecified atom stereocenters. The number of halogens is 2. The molecule has 0 radical (unpaired) electrons. The Bertz CT molecular complexity index is 1420. The summed E-state index contributed by atoms with van der Waals surface area (Å²) in [4.78, 5) is 23.2. The molecule has 3 aromatic carbocycles. The Morgan fingerprint density at radius 2 is 1.80 bits per heavy atom. The molecule has 0 fully saturated rings. The van der Waals surface area contributed by atoms with Crippen molar-refractivity contribution in [3.05, 3.63) is 116 Å². The number of hydrogen-bond donors (Lipinski definition) is 1. The lowest BCUT2D eigenvalue weighted by atomic mass is 10.1. The maximum atomic E-state index is 12.7. The summed E-state index contributed by atoms with van der Waals surface area (Å²) >= 11 is 12.0. The van der Waals surface area contributed by atoms with Gasteiger partial charge in [-0.2, -0.15) is 5.10 Å². The Hall–Kier alpha value is -4.14. The standard InChI is InChI=1S/C25H17Cl2N3O5/c26-20-7-3-1-5-17(20)15-34-24-8-4-2-6-19(24)25(31)29-28-14-18-10-12-23(35-18)16-9-11-21(27)22(13-16)30(32)33/h1-14H,15H2,(H,29,31)/b28-14+. The predicted molar refractivity (Wildman–Crippen MR) is 133 cm³/mol. The van der Waals surface area contributed by atoms with E-state index in [2.05, 4.69) is 10.5 Å². The van der Waals surface area contributed by atoms with Gasteiger partial charge in [-0.15, -0.1) is 0 Å². The third-order valence-electron chi connectivity index (χ3n) is 4.88. The number of ether oxygens (including phenoxy) is 1. The van der Waals surface area contributed by atoms with E-state index in [1.54, 1.807) is 48.5 Å². The molecule has 0 saturated carbocycles. The highest BCUT2D eigenvalue weighted by molar-refractivity contribution is 6.32. The lowest BCUT2D eigenvalue weighted by Gasteiger charge is -2.11. The van der Waals surface area contributed by atoms with Crippen LogP contribution in [0.4, 0.5) is 5.69 Å². The van der Waals surface area contributed by atoms with Crippen LogP contribution in [0.5, 0.6) is 5.75 Å². The Morgan fingerprint density at radius 1 is 1.03 bits per heavy atom. The monoisotopic (exact) mass is 509 g/mol. The summed E-state index contributed by atoms with van der Waals surface area (Å²) in [5.74, 6) is 0.623. The quantitative estimate of drug-likeness (QED) is 0.165. The van der Waals surface area contributed by atoms with Crippen LogP contribution in [0.2, 0.25) is 10.0 Å². The van der Waals surface area contributed by atoms with Crippen molar-refractivity contribution in [3.8, 4) is 17.1 Å². The van der Waals surface area contributed by atoms with Gasteiger partial charge in [-0.3, -0.25) is 14.9 Å². The van der Waals surface area contributed by atoms with Crippen molar-refractivity contribution in [3.63, 3.8) is 0 Å². The van der Waals surface area contributed by atoms with E-state index in [1.165, 1.54) is 18.3 Å². The summed E-state index contributed by atoms with van der Waals surface area (Å²) in [6.07, 6.45) is 1.32. The Morgan fingerprint density at radius 3 is 2.60 bits per heavy atom. The van der Waals surface area contributed by atoms with Crippen LogP contribution in [-0.2, 0) is 6.61 Å². The first kappa shape index (κ1) is 24.0. The molecule has 176 valence electrons. The van der Waals surface area contributed by atoms with E-state index in [9.17, 15) is 14.9 Å². The molecule has 0 aliphatic heterocycles. The number of nitrogens with zero attached hydrogens (tertiary/aromatic N) is 2. The fourth-order valence-corrected chi connectivity index (χ4v) is 3.53. The molecule has 1 amide bonds. The number of rotatable bonds is 8. The number of amides is 1. The number of hydrogen-bond acceptors (Lipinski definition) is 6. The zero-order chi connectivity index (χ0) is 24.8. The molecule has 0 aliphatic rings. The molecule has 1 aromatic heterocycles. The first-order chi connectivity index (χ1) is 16.9. The summed E-state index contributed by atoms with van der Waals surface area (Å²) in [6, 6.07) is 21.7. The van der Waals surface area contributed by atoms with Crippen molar-refractivity contribution in [2.75, 3.05) is 0 Å². The molecule has 0 bridgehead atoms. The number of benzene rings is 3. The van der Waals surface area contributed by atoms with E-state index in [0.29, 0.717) is 33.4 Å². The van der Waals surface area contributed by atoms with Crippen molar-refractivity contribution in [1.82, 2.24) is 5.43 Å².